The number of unbranched alkanes of at least 4 members (excludes halogenated alkanes) is 5. The van der Waals surface area contributed by atoms with Crippen LogP contribution in [0.1, 0.15) is 84.5 Å². The predicted molar refractivity (Wildman–Crippen MR) is 100 cm³/mol. The van der Waals surface area contributed by atoms with Crippen molar-refractivity contribution in [2.75, 3.05) is 0 Å². The average molecular weight is 353 g/mol. The maximum absolute atomic E-state index is 12.3. The van der Waals surface area contributed by atoms with Gasteiger partial charge < -0.3 is 10.2 Å². The number of carbonyl (C=O) groups is 2. The van der Waals surface area contributed by atoms with Crippen molar-refractivity contribution in [3.8, 4) is 0 Å². The number of carboxylic acids is 1. The van der Waals surface area contributed by atoms with E-state index in [2.05, 4.69) is 19.9 Å². The van der Waals surface area contributed by atoms with Crippen molar-refractivity contribution in [1.29, 1.82) is 0 Å². The van der Waals surface area contributed by atoms with Gasteiger partial charge in [0.25, 0.3) is 0 Å². The lowest BCUT2D eigenvalue weighted by Crippen LogP contribution is -2.16. The van der Waals surface area contributed by atoms with Crippen molar-refractivity contribution in [2.45, 2.75) is 90.6 Å². The van der Waals surface area contributed by atoms with E-state index in [0.717, 1.165) is 57.8 Å². The molecule has 0 bridgehead atoms. The van der Waals surface area contributed by atoms with Gasteiger partial charge in [-0.05, 0) is 31.1 Å². The van der Waals surface area contributed by atoms with E-state index in [0.29, 0.717) is 18.1 Å². The third kappa shape index (κ3) is 8.66. The summed E-state index contributed by atoms with van der Waals surface area (Å²) < 4.78 is 0. The topological polar surface area (TPSA) is 74.6 Å². The van der Waals surface area contributed by atoms with Crippen LogP contribution in [0.15, 0.2) is 12.2 Å². The normalized spacial score (nSPS) is 24.9. The highest BCUT2D eigenvalue weighted by Crippen LogP contribution is 2.38. The Kier molecular flexibility index (Phi) is 10.7. The van der Waals surface area contributed by atoms with E-state index in [1.807, 2.05) is 6.08 Å². The van der Waals surface area contributed by atoms with E-state index in [-0.39, 0.29) is 18.3 Å². The Labute approximate surface area is 152 Å². The van der Waals surface area contributed by atoms with Crippen LogP contribution in [0.4, 0.5) is 0 Å². The first-order valence-electron chi connectivity index (χ1n) is 10.1. The SMILES string of the molecule is CCCCC[C@H](O)C=C[C@H]1[C@H](C)CC(=O)[C@@H]1CCCCCCC(=O)O. The molecule has 0 aromatic heterocycles. The molecule has 1 aliphatic carbocycles. The fourth-order valence-corrected chi connectivity index (χ4v) is 3.84. The molecule has 4 heteroatoms. The molecule has 0 radical (unpaired) electrons. The molecule has 4 nitrogen and oxygen atoms in total. The zero-order valence-electron chi connectivity index (χ0n) is 16.0. The van der Waals surface area contributed by atoms with E-state index in [1.165, 1.54) is 0 Å². The molecule has 4 atom stereocenters. The fourth-order valence-electron chi connectivity index (χ4n) is 3.84. The van der Waals surface area contributed by atoms with Crippen molar-refractivity contribution in [3.05, 3.63) is 12.2 Å². The maximum atomic E-state index is 12.3. The van der Waals surface area contributed by atoms with Crippen LogP contribution in [0.3, 0.4) is 0 Å². The van der Waals surface area contributed by atoms with Crippen LogP contribution in [-0.2, 0) is 9.59 Å². The molecule has 144 valence electrons. The lowest BCUT2D eigenvalue weighted by atomic mass is 9.85. The Morgan fingerprint density at radius 2 is 1.92 bits per heavy atom. The molecule has 0 aromatic rings. The Bertz CT molecular complexity index is 430. The van der Waals surface area contributed by atoms with E-state index in [9.17, 15) is 14.7 Å². The third-order valence-corrected chi connectivity index (χ3v) is 5.37. The van der Waals surface area contributed by atoms with Crippen molar-refractivity contribution in [2.24, 2.45) is 17.8 Å². The molecule has 0 spiro atoms. The minimum Gasteiger partial charge on any atom is -0.481 e. The molecule has 1 aliphatic rings. The van der Waals surface area contributed by atoms with E-state index < -0.39 is 12.1 Å². The second-order valence-electron chi connectivity index (χ2n) is 7.63. The highest BCUT2D eigenvalue weighted by molar-refractivity contribution is 5.84. The first-order chi connectivity index (χ1) is 12.0. The van der Waals surface area contributed by atoms with Crippen LogP contribution in [0, 0.1) is 17.8 Å². The van der Waals surface area contributed by atoms with Crippen molar-refractivity contribution < 1.29 is 19.8 Å². The van der Waals surface area contributed by atoms with Crippen LogP contribution in [0.5, 0.6) is 0 Å². The number of hydrogen-bond acceptors (Lipinski definition) is 3. The summed E-state index contributed by atoms with van der Waals surface area (Å²) in [7, 11) is 0. The zero-order valence-corrected chi connectivity index (χ0v) is 16.0. The number of aliphatic hydroxyl groups excluding tert-OH is 1. The molecule has 0 amide bonds. The number of hydrogen-bond donors (Lipinski definition) is 2. The molecular formula is C21H36O4. The number of rotatable bonds is 13. The van der Waals surface area contributed by atoms with Gasteiger partial charge in [0.2, 0.25) is 0 Å². The van der Waals surface area contributed by atoms with Gasteiger partial charge in [0, 0.05) is 18.8 Å². The second-order valence-corrected chi connectivity index (χ2v) is 7.63. The lowest BCUT2D eigenvalue weighted by molar-refractivity contribution is -0.137. The highest BCUT2D eigenvalue weighted by atomic mass is 16.4. The Morgan fingerprint density at radius 3 is 2.60 bits per heavy atom. The largest absolute Gasteiger partial charge is 0.481 e. The first kappa shape index (κ1) is 21.9. The molecule has 1 rings (SSSR count). The molecule has 0 heterocycles. The quantitative estimate of drug-likeness (QED) is 0.370. The number of allylic oxidation sites excluding steroid dienone is 1. The smallest absolute Gasteiger partial charge is 0.303 e. The van der Waals surface area contributed by atoms with Crippen LogP contribution in [0.25, 0.3) is 0 Å². The van der Waals surface area contributed by atoms with Gasteiger partial charge >= 0.3 is 5.97 Å². The van der Waals surface area contributed by atoms with E-state index in [4.69, 9.17) is 5.11 Å². The third-order valence-electron chi connectivity index (χ3n) is 5.37. The Balaban J connectivity index is 2.39. The predicted octanol–water partition coefficient (Wildman–Crippen LogP) is 4.75. The van der Waals surface area contributed by atoms with Gasteiger partial charge in [-0.15, -0.1) is 0 Å². The van der Waals surface area contributed by atoms with Crippen molar-refractivity contribution >= 4 is 11.8 Å². The van der Waals surface area contributed by atoms with Gasteiger partial charge in [-0.2, -0.15) is 0 Å². The lowest BCUT2D eigenvalue weighted by Gasteiger charge is -2.18. The summed E-state index contributed by atoms with van der Waals surface area (Å²) in [6.07, 6.45) is 13.1. The summed E-state index contributed by atoms with van der Waals surface area (Å²) >= 11 is 0. The summed E-state index contributed by atoms with van der Waals surface area (Å²) in [5, 5.41) is 18.7. The van der Waals surface area contributed by atoms with Crippen LogP contribution in [0.2, 0.25) is 0 Å². The maximum Gasteiger partial charge on any atom is 0.303 e. The van der Waals surface area contributed by atoms with Crippen molar-refractivity contribution in [1.82, 2.24) is 0 Å². The van der Waals surface area contributed by atoms with E-state index in [1.54, 1.807) is 0 Å². The summed E-state index contributed by atoms with van der Waals surface area (Å²) in [5.41, 5.74) is 0. The van der Waals surface area contributed by atoms with Crippen LogP contribution >= 0.6 is 0 Å². The minimum absolute atomic E-state index is 0.0774. The number of aliphatic carboxylic acids is 1. The fraction of sp³-hybridized carbons (Fsp3) is 0.810. The molecule has 1 saturated carbocycles. The van der Waals surface area contributed by atoms with Gasteiger partial charge in [0.05, 0.1) is 6.10 Å². The number of ketones is 1. The second kappa shape index (κ2) is 12.2. The molecule has 0 aromatic carbocycles. The Hall–Kier alpha value is -1.16. The molecule has 25 heavy (non-hydrogen) atoms. The standard InChI is InChI=1S/C21H36O4/c1-3-4-7-10-17(22)13-14-18-16(2)15-20(23)19(18)11-8-5-6-9-12-21(24)25/h13-14,16-19,22H,3-12,15H2,1-2H3,(H,24,25)/t16-,17+,18+,19-/m1/s1. The molecule has 0 saturated heterocycles. The summed E-state index contributed by atoms with van der Waals surface area (Å²) in [5.74, 6) is 0.292. The van der Waals surface area contributed by atoms with Gasteiger partial charge in [-0.1, -0.05) is 64.5 Å². The summed E-state index contributed by atoms with van der Waals surface area (Å²) in [6.45, 7) is 4.28. The summed E-state index contributed by atoms with van der Waals surface area (Å²) in [6, 6.07) is 0. The number of carboxylic acid groups (broad SMARTS) is 1. The Morgan fingerprint density at radius 1 is 1.20 bits per heavy atom. The van der Waals surface area contributed by atoms with Gasteiger partial charge in [0.15, 0.2) is 0 Å². The zero-order chi connectivity index (χ0) is 18.7. The summed E-state index contributed by atoms with van der Waals surface area (Å²) in [4.78, 5) is 22.8. The van der Waals surface area contributed by atoms with Crippen molar-refractivity contribution in [3.63, 3.8) is 0 Å². The number of carbonyl (C=O) groups excluding carboxylic acids is 1. The van der Waals surface area contributed by atoms with E-state index >= 15 is 0 Å². The first-order valence-corrected chi connectivity index (χ1v) is 10.1. The number of aliphatic hydroxyl groups is 1. The van der Waals surface area contributed by atoms with Gasteiger partial charge in [-0.25, -0.2) is 0 Å². The molecule has 1 fully saturated rings. The molecular weight excluding hydrogens is 316 g/mol. The number of Topliss-reactive ketones (excluding diaryl/α,β-unsaturated/α-hetero) is 1. The minimum atomic E-state index is -0.734. The molecule has 2 N–H and O–H groups in total. The average Bonchev–Trinajstić information content (AvgIpc) is 2.82. The monoisotopic (exact) mass is 352 g/mol. The van der Waals surface area contributed by atoms with Crippen LogP contribution < -0.4 is 0 Å². The molecule has 0 aliphatic heterocycles. The van der Waals surface area contributed by atoms with Gasteiger partial charge in [0.1, 0.15) is 5.78 Å². The highest BCUT2D eigenvalue weighted by Gasteiger charge is 2.37. The molecule has 0 unspecified atom stereocenters. The van der Waals surface area contributed by atoms with Gasteiger partial charge in [-0.3, -0.25) is 9.59 Å². The van der Waals surface area contributed by atoms with Crippen LogP contribution in [-0.4, -0.2) is 28.1 Å².